The monoisotopic (exact) mass is 128 g/mol. The first-order valence-electron chi connectivity index (χ1n) is 0.651. The van der Waals surface area contributed by atoms with Crippen LogP contribution in [-0.4, -0.2) is 75.4 Å². The predicted octanol–water partition coefficient (Wildman–Crippen LogP) is -3.18. The first-order chi connectivity index (χ1) is 1.73. The summed E-state index contributed by atoms with van der Waals surface area (Å²) >= 11 is 0. The van der Waals surface area contributed by atoms with Crippen molar-refractivity contribution in [2.45, 2.75) is 0 Å². The molecule has 0 radical (unpaired) electrons. The van der Waals surface area contributed by atoms with Gasteiger partial charge in [-0.25, -0.2) is 0 Å². The van der Waals surface area contributed by atoms with E-state index in [1.807, 2.05) is 0 Å². The summed E-state index contributed by atoms with van der Waals surface area (Å²) in [7, 11) is -3.13. The molecule has 0 aliphatic rings. The molecule has 0 aromatic heterocycles. The van der Waals surface area contributed by atoms with Gasteiger partial charge < -0.3 is 9.59 Å². The van der Waals surface area contributed by atoms with Crippen molar-refractivity contribution < 1.29 is 14.1 Å². The molecule has 0 aliphatic heterocycles. The average molecular weight is 128 g/mol. The Hall–Kier alpha value is 1.47. The van der Waals surface area contributed by atoms with E-state index in [1.165, 1.54) is 0 Å². The van der Waals surface area contributed by atoms with E-state index in [2.05, 4.69) is 0 Å². The van der Waals surface area contributed by atoms with Crippen LogP contribution in [0.1, 0.15) is 0 Å². The first-order valence-corrected chi connectivity index (χ1v) is 1.95. The Kier molecular flexibility index (Phi) is 25.3. The molecule has 6 heavy (non-hydrogen) atoms. The van der Waals surface area contributed by atoms with Gasteiger partial charge in [0.2, 0.25) is 0 Å². The van der Waals surface area contributed by atoms with Crippen molar-refractivity contribution in [3.05, 3.63) is 0 Å². The van der Waals surface area contributed by atoms with Crippen LogP contribution in [0.5, 0.6) is 0 Å². The van der Waals surface area contributed by atoms with Gasteiger partial charge in [-0.15, -0.1) is 0 Å². The van der Waals surface area contributed by atoms with Crippen molar-refractivity contribution >= 4 is 65.8 Å². The van der Waals surface area contributed by atoms with Gasteiger partial charge in [0, 0.05) is 0 Å². The maximum atomic E-state index is 8.74. The van der Waals surface area contributed by atoms with Crippen molar-refractivity contribution in [2.75, 3.05) is 0 Å². The van der Waals surface area contributed by atoms with Gasteiger partial charge >= 0.3 is 65.8 Å². The molecule has 3 nitrogen and oxygen atoms in total. The standard InChI is InChI=1S/Ca.Li.H2O3Si.3H/c;;1-4(2)3;;;/h;;1-2H;;;. The Balaban J connectivity index is -0.0000000450. The zero-order valence-electron chi connectivity index (χ0n) is 1.80. The second kappa shape index (κ2) is 9.69. The zero-order chi connectivity index (χ0) is 3.58. The Labute approximate surface area is 78.8 Å². The van der Waals surface area contributed by atoms with Crippen molar-refractivity contribution in [1.82, 2.24) is 0 Å². The molecular formula is H5CaLiO3Si. The molecular weight excluding hydrogens is 123 g/mol. The van der Waals surface area contributed by atoms with Crippen LogP contribution in [0.3, 0.4) is 0 Å². The molecule has 0 aliphatic carbocycles. The van der Waals surface area contributed by atoms with Crippen molar-refractivity contribution in [3.8, 4) is 0 Å². The molecule has 0 bridgehead atoms. The number of hydrogen-bond acceptors (Lipinski definition) is 1. The summed E-state index contributed by atoms with van der Waals surface area (Å²) in [4.78, 5) is 14.3. The molecule has 0 saturated carbocycles. The molecule has 0 heterocycles. The fraction of sp³-hybridized carbons (Fsp3) is 0. The van der Waals surface area contributed by atoms with Gasteiger partial charge in [0.05, 0.1) is 0 Å². The van der Waals surface area contributed by atoms with Crippen molar-refractivity contribution in [1.29, 1.82) is 0 Å². The molecule has 0 rings (SSSR count). The summed E-state index contributed by atoms with van der Waals surface area (Å²) in [5.41, 5.74) is 0. The van der Waals surface area contributed by atoms with Crippen LogP contribution in [-0.2, 0) is 4.46 Å². The van der Waals surface area contributed by atoms with E-state index in [-0.39, 0.29) is 56.6 Å². The van der Waals surface area contributed by atoms with E-state index < -0.39 is 9.17 Å². The molecule has 2 N–H and O–H groups in total. The third-order valence-electron chi connectivity index (χ3n) is 0. The molecule has 0 saturated heterocycles. The van der Waals surface area contributed by atoms with Gasteiger partial charge in [0.25, 0.3) is 0 Å². The molecule has 0 aromatic carbocycles. The Morgan fingerprint density at radius 1 is 1.33 bits per heavy atom. The third kappa shape index (κ3) is 50.4. The number of rotatable bonds is 0. The summed E-state index contributed by atoms with van der Waals surface area (Å²) in [5.74, 6) is 0. The van der Waals surface area contributed by atoms with Crippen LogP contribution in [0, 0.1) is 0 Å². The van der Waals surface area contributed by atoms with Crippen molar-refractivity contribution in [3.63, 3.8) is 0 Å². The Morgan fingerprint density at radius 3 is 1.33 bits per heavy atom. The van der Waals surface area contributed by atoms with E-state index in [4.69, 9.17) is 14.1 Å². The van der Waals surface area contributed by atoms with Crippen LogP contribution < -0.4 is 0 Å². The summed E-state index contributed by atoms with van der Waals surface area (Å²) < 4.78 is 8.74. The molecule has 30 valence electrons. The van der Waals surface area contributed by atoms with Gasteiger partial charge in [-0.3, -0.25) is 4.46 Å². The summed E-state index contributed by atoms with van der Waals surface area (Å²) in [6.45, 7) is 0. The fourth-order valence-corrected chi connectivity index (χ4v) is 0. The average Bonchev–Trinajstić information content (AvgIpc) is 0.811. The molecule has 0 unspecified atom stereocenters. The van der Waals surface area contributed by atoms with Crippen LogP contribution >= 0.6 is 0 Å². The molecule has 0 amide bonds. The van der Waals surface area contributed by atoms with Crippen LogP contribution in [0.2, 0.25) is 0 Å². The van der Waals surface area contributed by atoms with E-state index in [0.717, 1.165) is 0 Å². The minimum atomic E-state index is -3.13. The quantitative estimate of drug-likeness (QED) is 0.338. The van der Waals surface area contributed by atoms with Crippen LogP contribution in [0.15, 0.2) is 0 Å². The SMILES string of the molecule is O=[Si](O)O.[CaH2].[LiH]. The predicted molar refractivity (Wildman–Crippen MR) is 26.6 cm³/mol. The van der Waals surface area contributed by atoms with Gasteiger partial charge in [-0.2, -0.15) is 0 Å². The van der Waals surface area contributed by atoms with Crippen LogP contribution in [0.25, 0.3) is 0 Å². The summed E-state index contributed by atoms with van der Waals surface area (Å²) in [6.07, 6.45) is 0. The molecule has 6 heteroatoms. The van der Waals surface area contributed by atoms with Crippen molar-refractivity contribution in [2.24, 2.45) is 0 Å². The van der Waals surface area contributed by atoms with Gasteiger partial charge in [-0.05, 0) is 0 Å². The van der Waals surface area contributed by atoms with Gasteiger partial charge in [0.15, 0.2) is 0 Å². The Morgan fingerprint density at radius 2 is 1.33 bits per heavy atom. The molecule has 0 atom stereocenters. The van der Waals surface area contributed by atoms with E-state index in [9.17, 15) is 0 Å². The summed E-state index contributed by atoms with van der Waals surface area (Å²) in [6, 6.07) is 0. The van der Waals surface area contributed by atoms with Gasteiger partial charge in [0.1, 0.15) is 0 Å². The maximum absolute atomic E-state index is 8.74. The second-order valence-corrected chi connectivity index (χ2v) is 0.848. The van der Waals surface area contributed by atoms with Gasteiger partial charge in [-0.1, -0.05) is 0 Å². The van der Waals surface area contributed by atoms with E-state index in [1.54, 1.807) is 0 Å². The first kappa shape index (κ1) is 15.6. The van der Waals surface area contributed by atoms with E-state index >= 15 is 0 Å². The molecule has 0 fully saturated rings. The normalized spacial score (nSPS) is 4.00. The Bertz CT molecular complexity index is 33.8. The van der Waals surface area contributed by atoms with Crippen LogP contribution in [0.4, 0.5) is 0 Å². The molecule has 0 aromatic rings. The molecule has 0 spiro atoms. The summed E-state index contributed by atoms with van der Waals surface area (Å²) in [5, 5.41) is 0. The van der Waals surface area contributed by atoms with E-state index in [0.29, 0.717) is 0 Å². The fourth-order valence-electron chi connectivity index (χ4n) is 0. The minimum absolute atomic E-state index is 0. The topological polar surface area (TPSA) is 57.5 Å². The zero-order valence-corrected chi connectivity index (χ0v) is 2.80. The third-order valence-corrected chi connectivity index (χ3v) is 0. The second-order valence-electron chi connectivity index (χ2n) is 0.283. The number of hydrogen-bond donors (Lipinski definition) is 2.